The molecule has 2 N–H and O–H groups in total. The van der Waals surface area contributed by atoms with Crippen LogP contribution in [0.2, 0.25) is 0 Å². The Morgan fingerprint density at radius 3 is 2.64 bits per heavy atom. The molecule has 3 aromatic rings. The molecule has 0 fully saturated rings. The predicted octanol–water partition coefficient (Wildman–Crippen LogP) is 4.22. The molecular formula is C19H18N2O. The van der Waals surface area contributed by atoms with Crippen molar-refractivity contribution in [2.45, 2.75) is 13.5 Å². The zero-order valence-corrected chi connectivity index (χ0v) is 12.5. The monoisotopic (exact) mass is 290 g/mol. The van der Waals surface area contributed by atoms with Crippen molar-refractivity contribution >= 4 is 5.69 Å². The van der Waals surface area contributed by atoms with Crippen LogP contribution in [0.3, 0.4) is 0 Å². The summed E-state index contributed by atoms with van der Waals surface area (Å²) in [5, 5.41) is 0. The molecule has 0 saturated heterocycles. The number of hydrogen-bond donors (Lipinski definition) is 1. The number of hydrogen-bond acceptors (Lipinski definition) is 3. The molecule has 0 radical (unpaired) electrons. The fourth-order valence-corrected chi connectivity index (χ4v) is 2.33. The van der Waals surface area contributed by atoms with E-state index in [-0.39, 0.29) is 0 Å². The highest BCUT2D eigenvalue weighted by Crippen LogP contribution is 2.28. The lowest BCUT2D eigenvalue weighted by atomic mass is 10.0. The first kappa shape index (κ1) is 14.1. The van der Waals surface area contributed by atoms with Gasteiger partial charge in [-0.05, 0) is 35.7 Å². The number of ether oxygens (including phenoxy) is 1. The highest BCUT2D eigenvalue weighted by molar-refractivity contribution is 5.72. The Balaban J connectivity index is 1.82. The topological polar surface area (TPSA) is 48.1 Å². The molecule has 3 heteroatoms. The van der Waals surface area contributed by atoms with Gasteiger partial charge < -0.3 is 10.5 Å². The quantitative estimate of drug-likeness (QED) is 0.782. The Labute approximate surface area is 130 Å². The van der Waals surface area contributed by atoms with Gasteiger partial charge in [0.1, 0.15) is 12.4 Å². The lowest BCUT2D eigenvalue weighted by Gasteiger charge is -2.11. The van der Waals surface area contributed by atoms with Gasteiger partial charge in [0.2, 0.25) is 0 Å². The van der Waals surface area contributed by atoms with Crippen molar-refractivity contribution in [2.75, 3.05) is 5.73 Å². The Morgan fingerprint density at radius 1 is 1.00 bits per heavy atom. The summed E-state index contributed by atoms with van der Waals surface area (Å²) < 4.78 is 5.87. The van der Waals surface area contributed by atoms with Gasteiger partial charge in [-0.15, -0.1) is 0 Å². The smallest absolute Gasteiger partial charge is 0.120 e. The number of nitrogen functional groups attached to an aromatic ring is 1. The molecule has 0 spiro atoms. The maximum Gasteiger partial charge on any atom is 0.120 e. The van der Waals surface area contributed by atoms with E-state index in [1.165, 1.54) is 0 Å². The minimum absolute atomic E-state index is 0.554. The molecule has 0 aliphatic carbocycles. The average Bonchev–Trinajstić information content (AvgIpc) is 2.57. The lowest BCUT2D eigenvalue weighted by Crippen LogP contribution is -1.96. The SMILES string of the molecule is Cc1c(N)cncc1-c1cccc(OCc2ccccc2)c1. The molecule has 1 heterocycles. The molecule has 22 heavy (non-hydrogen) atoms. The van der Waals surface area contributed by atoms with Crippen molar-refractivity contribution < 1.29 is 4.74 Å². The van der Waals surface area contributed by atoms with Crippen molar-refractivity contribution in [1.82, 2.24) is 4.98 Å². The van der Waals surface area contributed by atoms with E-state index in [1.54, 1.807) is 6.20 Å². The first-order chi connectivity index (χ1) is 10.7. The van der Waals surface area contributed by atoms with Crippen LogP contribution < -0.4 is 10.5 Å². The maximum absolute atomic E-state index is 5.94. The third-order valence-corrected chi connectivity index (χ3v) is 3.65. The summed E-state index contributed by atoms with van der Waals surface area (Å²) in [4.78, 5) is 4.18. The predicted molar refractivity (Wildman–Crippen MR) is 89.6 cm³/mol. The fraction of sp³-hybridized carbons (Fsp3) is 0.105. The van der Waals surface area contributed by atoms with Gasteiger partial charge in [0, 0.05) is 11.8 Å². The number of rotatable bonds is 4. The highest BCUT2D eigenvalue weighted by Gasteiger charge is 2.06. The second-order valence-electron chi connectivity index (χ2n) is 5.20. The zero-order chi connectivity index (χ0) is 15.4. The summed E-state index contributed by atoms with van der Waals surface area (Å²) in [5.41, 5.74) is 10.9. The molecule has 0 unspecified atom stereocenters. The third-order valence-electron chi connectivity index (χ3n) is 3.65. The number of benzene rings is 2. The molecule has 1 aromatic heterocycles. The Hall–Kier alpha value is -2.81. The molecule has 3 nitrogen and oxygen atoms in total. The Bertz CT molecular complexity index is 769. The molecule has 2 aromatic carbocycles. The number of nitrogens with two attached hydrogens (primary N) is 1. The molecule has 110 valence electrons. The molecule has 0 aliphatic rings. The van der Waals surface area contributed by atoms with Gasteiger partial charge in [0.25, 0.3) is 0 Å². The van der Waals surface area contributed by atoms with E-state index in [2.05, 4.69) is 17.1 Å². The summed E-state index contributed by atoms with van der Waals surface area (Å²) in [7, 11) is 0. The van der Waals surface area contributed by atoms with Gasteiger partial charge in [-0.2, -0.15) is 0 Å². The van der Waals surface area contributed by atoms with Crippen molar-refractivity contribution in [3.63, 3.8) is 0 Å². The summed E-state index contributed by atoms with van der Waals surface area (Å²) in [6.45, 7) is 2.56. The van der Waals surface area contributed by atoms with Crippen LogP contribution in [0.5, 0.6) is 5.75 Å². The summed E-state index contributed by atoms with van der Waals surface area (Å²) in [5.74, 6) is 0.836. The zero-order valence-electron chi connectivity index (χ0n) is 12.5. The number of aromatic nitrogens is 1. The molecule has 0 aliphatic heterocycles. The normalized spacial score (nSPS) is 10.4. The summed E-state index contributed by atoms with van der Waals surface area (Å²) in [6, 6.07) is 18.1. The van der Waals surface area contributed by atoms with E-state index < -0.39 is 0 Å². The molecule has 0 atom stereocenters. The molecule has 0 amide bonds. The van der Waals surface area contributed by atoms with E-state index in [0.29, 0.717) is 12.3 Å². The van der Waals surface area contributed by atoms with Crippen LogP contribution in [0.25, 0.3) is 11.1 Å². The van der Waals surface area contributed by atoms with Crippen LogP contribution in [0, 0.1) is 6.92 Å². The van der Waals surface area contributed by atoms with Gasteiger partial charge in [-0.1, -0.05) is 42.5 Å². The average molecular weight is 290 g/mol. The van der Waals surface area contributed by atoms with E-state index in [0.717, 1.165) is 28.0 Å². The molecule has 3 rings (SSSR count). The standard InChI is InChI=1S/C19H18N2O/c1-14-18(11-21-12-19(14)20)16-8-5-9-17(10-16)22-13-15-6-3-2-4-7-15/h2-12H,13,20H2,1H3. The van der Waals surface area contributed by atoms with E-state index in [4.69, 9.17) is 10.5 Å². The highest BCUT2D eigenvalue weighted by atomic mass is 16.5. The van der Waals surface area contributed by atoms with E-state index in [9.17, 15) is 0 Å². The largest absolute Gasteiger partial charge is 0.489 e. The van der Waals surface area contributed by atoms with Gasteiger partial charge in [-0.25, -0.2) is 0 Å². The minimum Gasteiger partial charge on any atom is -0.489 e. The van der Waals surface area contributed by atoms with E-state index >= 15 is 0 Å². The van der Waals surface area contributed by atoms with Gasteiger partial charge in [-0.3, -0.25) is 4.98 Å². The van der Waals surface area contributed by atoms with Crippen molar-refractivity contribution in [1.29, 1.82) is 0 Å². The summed E-state index contributed by atoms with van der Waals surface area (Å²) >= 11 is 0. The van der Waals surface area contributed by atoms with Crippen molar-refractivity contribution in [3.05, 3.63) is 78.1 Å². The van der Waals surface area contributed by atoms with Gasteiger partial charge in [0.15, 0.2) is 0 Å². The van der Waals surface area contributed by atoms with Crippen LogP contribution >= 0.6 is 0 Å². The second kappa shape index (κ2) is 6.31. The number of nitrogens with zero attached hydrogens (tertiary/aromatic N) is 1. The van der Waals surface area contributed by atoms with Crippen molar-refractivity contribution in [2.24, 2.45) is 0 Å². The van der Waals surface area contributed by atoms with Gasteiger partial charge >= 0.3 is 0 Å². The molecular weight excluding hydrogens is 272 g/mol. The van der Waals surface area contributed by atoms with Crippen LogP contribution in [-0.4, -0.2) is 4.98 Å². The molecule has 0 bridgehead atoms. The number of anilines is 1. The third kappa shape index (κ3) is 3.09. The second-order valence-corrected chi connectivity index (χ2v) is 5.20. The fourth-order valence-electron chi connectivity index (χ4n) is 2.33. The van der Waals surface area contributed by atoms with Gasteiger partial charge in [0.05, 0.1) is 11.9 Å². The van der Waals surface area contributed by atoms with E-state index in [1.807, 2.05) is 55.6 Å². The van der Waals surface area contributed by atoms with Crippen LogP contribution in [-0.2, 0) is 6.61 Å². The van der Waals surface area contributed by atoms with Crippen LogP contribution in [0.4, 0.5) is 5.69 Å². The minimum atomic E-state index is 0.554. The Morgan fingerprint density at radius 2 is 1.82 bits per heavy atom. The first-order valence-corrected chi connectivity index (χ1v) is 7.21. The summed E-state index contributed by atoms with van der Waals surface area (Å²) in [6.07, 6.45) is 3.51. The first-order valence-electron chi connectivity index (χ1n) is 7.21. The lowest BCUT2D eigenvalue weighted by molar-refractivity contribution is 0.306. The molecule has 0 saturated carbocycles. The van der Waals surface area contributed by atoms with Crippen LogP contribution in [0.1, 0.15) is 11.1 Å². The Kier molecular flexibility index (Phi) is 4.05. The number of pyridine rings is 1. The van der Waals surface area contributed by atoms with Crippen LogP contribution in [0.15, 0.2) is 67.0 Å². The maximum atomic E-state index is 5.94. The van der Waals surface area contributed by atoms with Crippen molar-refractivity contribution in [3.8, 4) is 16.9 Å².